The molecule has 0 aromatic heterocycles. The molecule has 1 aliphatic rings. The van der Waals surface area contributed by atoms with E-state index in [4.69, 9.17) is 0 Å². The van der Waals surface area contributed by atoms with Crippen LogP contribution in [0.3, 0.4) is 0 Å². The van der Waals surface area contributed by atoms with Gasteiger partial charge in [-0.05, 0) is 52.6 Å². The van der Waals surface area contributed by atoms with E-state index in [1.165, 1.54) is 12.1 Å². The Morgan fingerprint density at radius 3 is 1.66 bits per heavy atom. The zero-order valence-electron chi connectivity index (χ0n) is 17.0. The van der Waals surface area contributed by atoms with Gasteiger partial charge in [-0.25, -0.2) is 16.8 Å². The smallest absolute Gasteiger partial charge is 0.744 e. The summed E-state index contributed by atoms with van der Waals surface area (Å²) in [6.07, 6.45) is 0. The van der Waals surface area contributed by atoms with Crippen LogP contribution in [0, 0.1) is 0 Å². The van der Waals surface area contributed by atoms with Crippen LogP contribution in [0.25, 0.3) is 33.4 Å². The second-order valence-electron chi connectivity index (χ2n) is 7.27. The molecule has 0 atom stereocenters. The Hall–Kier alpha value is -2.26. The third kappa shape index (κ3) is 3.85. The average Bonchev–Trinajstić information content (AvgIpc) is 3.00. The number of fused-ring (bicyclic) bond motifs is 3. The molecule has 0 spiro atoms. The molecule has 0 fully saturated rings. The second kappa shape index (κ2) is 8.26. The molecule has 5 nitrogen and oxygen atoms in total. The molecule has 4 aromatic rings. The van der Waals surface area contributed by atoms with Crippen molar-refractivity contribution in [1.29, 1.82) is 0 Å². The molecule has 0 bridgehead atoms. The summed E-state index contributed by atoms with van der Waals surface area (Å²) < 4.78 is 60.0. The van der Waals surface area contributed by atoms with Crippen LogP contribution in [-0.4, -0.2) is 21.4 Å². The van der Waals surface area contributed by atoms with E-state index in [0.717, 1.165) is 34.4 Å². The van der Waals surface area contributed by atoms with Gasteiger partial charge in [0.1, 0.15) is 10.1 Å². The molecule has 0 aliphatic carbocycles. The molecule has 0 amide bonds. The molecule has 1 heterocycles. The van der Waals surface area contributed by atoms with Crippen molar-refractivity contribution in [1.82, 2.24) is 0 Å². The van der Waals surface area contributed by atoms with Crippen molar-refractivity contribution in [2.24, 2.45) is 0 Å². The van der Waals surface area contributed by atoms with E-state index >= 15 is 0 Å². The van der Waals surface area contributed by atoms with Crippen molar-refractivity contribution in [2.45, 2.75) is 14.7 Å². The van der Waals surface area contributed by atoms with Crippen LogP contribution in [0.2, 0.25) is 0 Å². The van der Waals surface area contributed by atoms with Gasteiger partial charge >= 0.3 is 29.6 Å². The molecule has 0 saturated carbocycles. The molecule has 5 rings (SSSR count). The first-order chi connectivity index (χ1) is 14.7. The van der Waals surface area contributed by atoms with Crippen molar-refractivity contribution >= 4 is 20.0 Å². The Morgan fingerprint density at radius 1 is 0.594 bits per heavy atom. The molecule has 0 N–H and O–H groups in total. The standard InChI is InChI=1S/C24H16O5S2.Na/c25-30(26)23-12-10-19(18-8-6-17(7-9-18)16-4-2-1-3-5-16)14-21(23)22-15-20(31(27,28)29)11-13-24(22)30;/h1-15H,(H,27,28,29);/q;+1/p-1. The van der Waals surface area contributed by atoms with Crippen LogP contribution in [0.4, 0.5) is 0 Å². The fourth-order valence-electron chi connectivity index (χ4n) is 3.87. The van der Waals surface area contributed by atoms with Crippen molar-refractivity contribution in [2.75, 3.05) is 0 Å². The second-order valence-corrected chi connectivity index (χ2v) is 10.5. The summed E-state index contributed by atoms with van der Waals surface area (Å²) in [5.41, 5.74) is 4.45. The van der Waals surface area contributed by atoms with Gasteiger partial charge in [0.15, 0.2) is 0 Å². The third-order valence-electron chi connectivity index (χ3n) is 5.41. The van der Waals surface area contributed by atoms with Crippen molar-refractivity contribution in [3.63, 3.8) is 0 Å². The van der Waals surface area contributed by atoms with Crippen LogP contribution in [0.5, 0.6) is 0 Å². The zero-order chi connectivity index (χ0) is 21.8. The summed E-state index contributed by atoms with van der Waals surface area (Å²) in [7, 11) is -8.47. The first-order valence-corrected chi connectivity index (χ1v) is 12.3. The molecule has 0 radical (unpaired) electrons. The van der Waals surface area contributed by atoms with Gasteiger partial charge in [-0.2, -0.15) is 0 Å². The summed E-state index contributed by atoms with van der Waals surface area (Å²) in [4.78, 5) is -0.342. The Morgan fingerprint density at radius 2 is 1.06 bits per heavy atom. The Bertz CT molecular complexity index is 1540. The van der Waals surface area contributed by atoms with Crippen LogP contribution in [-0.2, 0) is 20.0 Å². The summed E-state index contributed by atoms with van der Waals surface area (Å²) in [5, 5.41) is 0. The van der Waals surface area contributed by atoms with Crippen molar-refractivity contribution in [3.8, 4) is 33.4 Å². The first kappa shape index (κ1) is 22.9. The first-order valence-electron chi connectivity index (χ1n) is 9.40. The molecule has 0 unspecified atom stereocenters. The van der Waals surface area contributed by atoms with Gasteiger partial charge < -0.3 is 4.55 Å². The van der Waals surface area contributed by atoms with Crippen LogP contribution in [0.15, 0.2) is 106 Å². The van der Waals surface area contributed by atoms with E-state index in [1.807, 2.05) is 54.6 Å². The molecule has 0 saturated heterocycles. The van der Waals surface area contributed by atoms with Gasteiger partial charge in [0.25, 0.3) is 0 Å². The minimum atomic E-state index is -4.70. The largest absolute Gasteiger partial charge is 1.00 e. The summed E-state index contributed by atoms with van der Waals surface area (Å²) >= 11 is 0. The number of sulfone groups is 1. The monoisotopic (exact) mass is 470 g/mol. The number of benzene rings is 4. The zero-order valence-corrected chi connectivity index (χ0v) is 20.7. The SMILES string of the molecule is O=S(=O)([O-])c1ccc2c(c1)-c1cc(-c3ccc(-c4ccccc4)cc3)ccc1S2(=O)=O.[Na+]. The maximum absolute atomic E-state index is 12.9. The van der Waals surface area contributed by atoms with E-state index in [9.17, 15) is 21.4 Å². The van der Waals surface area contributed by atoms with Gasteiger partial charge in [0.2, 0.25) is 9.84 Å². The van der Waals surface area contributed by atoms with Gasteiger partial charge in [-0.1, -0.05) is 60.7 Å². The molecular formula is C24H15NaO5S2. The molecule has 1 aliphatic heterocycles. The van der Waals surface area contributed by atoms with Crippen LogP contribution >= 0.6 is 0 Å². The maximum atomic E-state index is 12.9. The minimum absolute atomic E-state index is 0. The Labute approximate surface area is 208 Å². The predicted molar refractivity (Wildman–Crippen MR) is 116 cm³/mol. The van der Waals surface area contributed by atoms with Gasteiger partial charge in [0, 0.05) is 11.1 Å². The average molecular weight is 471 g/mol. The molecular weight excluding hydrogens is 455 g/mol. The fourth-order valence-corrected chi connectivity index (χ4v) is 6.01. The molecule has 8 heteroatoms. The Balaban J connectivity index is 0.00000245. The van der Waals surface area contributed by atoms with Gasteiger partial charge in [-0.15, -0.1) is 0 Å². The molecule has 154 valence electrons. The number of hydrogen-bond acceptors (Lipinski definition) is 5. The van der Waals surface area contributed by atoms with Crippen LogP contribution < -0.4 is 29.6 Å². The quantitative estimate of drug-likeness (QED) is 0.296. The summed E-state index contributed by atoms with van der Waals surface area (Å²) in [5.74, 6) is 0. The Kier molecular flexibility index (Phi) is 5.92. The number of hydrogen-bond donors (Lipinski definition) is 0. The van der Waals surface area contributed by atoms with Crippen molar-refractivity contribution < 1.29 is 50.9 Å². The van der Waals surface area contributed by atoms with E-state index in [2.05, 4.69) is 0 Å². The summed E-state index contributed by atoms with van der Waals surface area (Å²) in [6.45, 7) is 0. The minimum Gasteiger partial charge on any atom is -0.744 e. The molecule has 4 aromatic carbocycles. The topological polar surface area (TPSA) is 91.3 Å². The van der Waals surface area contributed by atoms with E-state index in [1.54, 1.807) is 12.1 Å². The van der Waals surface area contributed by atoms with E-state index < -0.39 is 24.9 Å². The molecule has 32 heavy (non-hydrogen) atoms. The van der Waals surface area contributed by atoms with E-state index in [-0.39, 0.29) is 44.9 Å². The van der Waals surface area contributed by atoms with Gasteiger partial charge in [-0.3, -0.25) is 0 Å². The summed E-state index contributed by atoms with van der Waals surface area (Å²) in [6, 6.07) is 26.2. The maximum Gasteiger partial charge on any atom is 1.00 e. The van der Waals surface area contributed by atoms with Crippen molar-refractivity contribution in [3.05, 3.63) is 91.0 Å². The van der Waals surface area contributed by atoms with Gasteiger partial charge in [0.05, 0.1) is 14.7 Å². The number of rotatable bonds is 3. The normalized spacial score (nSPS) is 13.7. The fraction of sp³-hybridized carbons (Fsp3) is 0. The third-order valence-corrected chi connectivity index (χ3v) is 8.12. The van der Waals surface area contributed by atoms with E-state index in [0.29, 0.717) is 5.56 Å². The predicted octanol–water partition coefficient (Wildman–Crippen LogP) is 1.74. The van der Waals surface area contributed by atoms with Crippen LogP contribution in [0.1, 0.15) is 0 Å².